The predicted octanol–water partition coefficient (Wildman–Crippen LogP) is 3.10. The van der Waals surface area contributed by atoms with E-state index in [1.807, 2.05) is 0 Å². The molecule has 3 heteroatoms. The van der Waals surface area contributed by atoms with Gasteiger partial charge in [-0.25, -0.2) is 0 Å². The third-order valence-corrected chi connectivity index (χ3v) is 4.97. The highest BCUT2D eigenvalue weighted by Gasteiger charge is 2.22. The van der Waals surface area contributed by atoms with E-state index in [9.17, 15) is 5.11 Å². The van der Waals surface area contributed by atoms with E-state index < -0.39 is 0 Å². The van der Waals surface area contributed by atoms with Crippen molar-refractivity contribution >= 4 is 0 Å². The number of morpholine rings is 1. The van der Waals surface area contributed by atoms with Gasteiger partial charge in [-0.05, 0) is 62.6 Å². The minimum absolute atomic E-state index is 0.296. The van der Waals surface area contributed by atoms with Gasteiger partial charge in [-0.2, -0.15) is 0 Å². The molecule has 1 aromatic carbocycles. The summed E-state index contributed by atoms with van der Waals surface area (Å²) in [6.07, 6.45) is 6.02. The second-order valence-corrected chi connectivity index (χ2v) is 7.06. The maximum absolute atomic E-state index is 10.5. The second-order valence-electron chi connectivity index (χ2n) is 7.06. The van der Waals surface area contributed by atoms with E-state index in [1.165, 1.54) is 36.8 Å². The van der Waals surface area contributed by atoms with Gasteiger partial charge >= 0.3 is 0 Å². The van der Waals surface area contributed by atoms with Gasteiger partial charge in [0.1, 0.15) is 0 Å². The van der Waals surface area contributed by atoms with Crippen LogP contribution in [0.4, 0.5) is 0 Å². The Hall–Kier alpha value is -0.900. The quantitative estimate of drug-likeness (QED) is 0.928. The lowest BCUT2D eigenvalue weighted by Gasteiger charge is -2.35. The van der Waals surface area contributed by atoms with Crippen LogP contribution in [-0.2, 0) is 17.6 Å². The molecule has 0 aromatic heterocycles. The van der Waals surface area contributed by atoms with Crippen LogP contribution in [0.5, 0.6) is 0 Å². The monoisotopic (exact) mass is 303 g/mol. The van der Waals surface area contributed by atoms with Gasteiger partial charge < -0.3 is 9.84 Å². The molecular weight excluding hydrogens is 274 g/mol. The normalized spacial score (nSPS) is 27.4. The molecule has 22 heavy (non-hydrogen) atoms. The van der Waals surface area contributed by atoms with Crippen molar-refractivity contribution in [3.63, 3.8) is 0 Å². The molecule has 1 saturated heterocycles. The van der Waals surface area contributed by atoms with Crippen LogP contribution in [0.15, 0.2) is 18.2 Å². The molecule has 3 atom stereocenters. The number of rotatable bonds is 4. The van der Waals surface area contributed by atoms with Gasteiger partial charge in [-0.15, -0.1) is 0 Å². The first-order valence-electron chi connectivity index (χ1n) is 8.79. The molecule has 3 nitrogen and oxygen atoms in total. The summed E-state index contributed by atoms with van der Waals surface area (Å²) >= 11 is 0. The molecule has 3 unspecified atom stereocenters. The summed E-state index contributed by atoms with van der Waals surface area (Å²) in [6, 6.07) is 6.59. The number of fused-ring (bicyclic) bond motifs is 1. The highest BCUT2D eigenvalue weighted by molar-refractivity contribution is 5.34. The number of aliphatic hydroxyl groups is 1. The molecule has 1 fully saturated rings. The smallest absolute Gasteiger partial charge is 0.0802 e. The van der Waals surface area contributed by atoms with Gasteiger partial charge in [0.2, 0.25) is 0 Å². The maximum Gasteiger partial charge on any atom is 0.0802 e. The minimum atomic E-state index is -0.347. The lowest BCUT2D eigenvalue weighted by molar-refractivity contribution is -0.0702. The summed E-state index contributed by atoms with van der Waals surface area (Å²) in [6.45, 7) is 7.14. The first-order valence-corrected chi connectivity index (χ1v) is 8.79. The third kappa shape index (κ3) is 3.89. The molecule has 1 aliphatic heterocycles. The van der Waals surface area contributed by atoms with Crippen molar-refractivity contribution in [2.75, 3.05) is 19.6 Å². The average Bonchev–Trinajstić information content (AvgIpc) is 2.51. The first-order chi connectivity index (χ1) is 10.6. The molecule has 1 aliphatic carbocycles. The number of ether oxygens (including phenoxy) is 1. The van der Waals surface area contributed by atoms with Crippen LogP contribution in [-0.4, -0.2) is 41.8 Å². The summed E-state index contributed by atoms with van der Waals surface area (Å²) < 4.78 is 5.77. The summed E-state index contributed by atoms with van der Waals surface area (Å²) in [5, 5.41) is 10.5. The molecule has 2 aliphatic rings. The highest BCUT2D eigenvalue weighted by Crippen LogP contribution is 2.26. The number of nitrogens with zero attached hydrogens (tertiary/aromatic N) is 1. The van der Waals surface area contributed by atoms with Crippen LogP contribution >= 0.6 is 0 Å². The molecule has 0 bridgehead atoms. The Morgan fingerprint density at radius 3 is 2.55 bits per heavy atom. The fourth-order valence-electron chi connectivity index (χ4n) is 3.90. The van der Waals surface area contributed by atoms with Crippen molar-refractivity contribution in [2.24, 2.45) is 0 Å². The van der Waals surface area contributed by atoms with Crippen molar-refractivity contribution in [3.8, 4) is 0 Å². The number of aryl methyl sites for hydroxylation is 2. The van der Waals surface area contributed by atoms with E-state index >= 15 is 0 Å². The van der Waals surface area contributed by atoms with Crippen LogP contribution in [0.2, 0.25) is 0 Å². The number of benzene rings is 1. The van der Waals surface area contributed by atoms with Gasteiger partial charge in [-0.1, -0.05) is 18.2 Å². The number of hydrogen-bond donors (Lipinski definition) is 1. The van der Waals surface area contributed by atoms with Crippen molar-refractivity contribution < 1.29 is 9.84 Å². The molecule has 0 saturated carbocycles. The maximum atomic E-state index is 10.5. The molecule has 1 heterocycles. The van der Waals surface area contributed by atoms with Crippen LogP contribution in [0.3, 0.4) is 0 Å². The third-order valence-electron chi connectivity index (χ3n) is 4.97. The summed E-state index contributed by atoms with van der Waals surface area (Å²) in [5.41, 5.74) is 4.03. The lowest BCUT2D eigenvalue weighted by atomic mass is 9.89. The van der Waals surface area contributed by atoms with Gasteiger partial charge in [0, 0.05) is 19.6 Å². The van der Waals surface area contributed by atoms with Gasteiger partial charge in [0.25, 0.3) is 0 Å². The van der Waals surface area contributed by atoms with Gasteiger partial charge in [0.05, 0.1) is 18.3 Å². The summed E-state index contributed by atoms with van der Waals surface area (Å²) in [4.78, 5) is 2.42. The Morgan fingerprint density at radius 2 is 1.82 bits per heavy atom. The Morgan fingerprint density at radius 1 is 1.14 bits per heavy atom. The van der Waals surface area contributed by atoms with Crippen molar-refractivity contribution in [2.45, 2.75) is 64.3 Å². The number of hydrogen-bond acceptors (Lipinski definition) is 3. The summed E-state index contributed by atoms with van der Waals surface area (Å²) in [5.74, 6) is 0. The molecule has 0 amide bonds. The zero-order valence-corrected chi connectivity index (χ0v) is 13.9. The molecular formula is C19H29NO2. The Bertz CT molecular complexity index is 492. The fourth-order valence-corrected chi connectivity index (χ4v) is 3.90. The fraction of sp³-hybridized carbons (Fsp3) is 0.684. The zero-order valence-electron chi connectivity index (χ0n) is 13.9. The highest BCUT2D eigenvalue weighted by atomic mass is 16.5. The van der Waals surface area contributed by atoms with Crippen LogP contribution in [0.1, 0.15) is 55.9 Å². The van der Waals surface area contributed by atoms with E-state index in [1.54, 1.807) is 0 Å². The SMILES string of the molecule is CC1CN(CCC(O)c2ccc3c(c2)CCCC3)CC(C)O1. The Balaban J connectivity index is 1.56. The van der Waals surface area contributed by atoms with E-state index in [4.69, 9.17) is 4.74 Å². The standard InChI is InChI=1S/C19H29NO2/c1-14-12-20(13-15(2)22-14)10-9-19(21)18-8-7-16-5-3-4-6-17(16)11-18/h7-8,11,14-15,19,21H,3-6,9-10,12-13H2,1-2H3. The van der Waals surface area contributed by atoms with Gasteiger partial charge in [0.15, 0.2) is 0 Å². The molecule has 1 aromatic rings. The van der Waals surface area contributed by atoms with E-state index in [0.717, 1.165) is 31.6 Å². The molecule has 0 spiro atoms. The Kier molecular flexibility index (Phi) is 5.17. The van der Waals surface area contributed by atoms with Crippen molar-refractivity contribution in [1.82, 2.24) is 4.90 Å². The topological polar surface area (TPSA) is 32.7 Å². The van der Waals surface area contributed by atoms with E-state index in [0.29, 0.717) is 12.2 Å². The average molecular weight is 303 g/mol. The summed E-state index contributed by atoms with van der Waals surface area (Å²) in [7, 11) is 0. The van der Waals surface area contributed by atoms with E-state index in [-0.39, 0.29) is 6.10 Å². The molecule has 1 N–H and O–H groups in total. The van der Waals surface area contributed by atoms with Crippen molar-refractivity contribution in [3.05, 3.63) is 34.9 Å². The van der Waals surface area contributed by atoms with Crippen LogP contribution in [0.25, 0.3) is 0 Å². The second kappa shape index (κ2) is 7.12. The lowest BCUT2D eigenvalue weighted by Crippen LogP contribution is -2.45. The van der Waals surface area contributed by atoms with Crippen LogP contribution in [0, 0.1) is 0 Å². The zero-order chi connectivity index (χ0) is 15.5. The van der Waals surface area contributed by atoms with Crippen LogP contribution < -0.4 is 0 Å². The van der Waals surface area contributed by atoms with Gasteiger partial charge in [-0.3, -0.25) is 4.90 Å². The number of aliphatic hydroxyl groups excluding tert-OH is 1. The molecule has 0 radical (unpaired) electrons. The largest absolute Gasteiger partial charge is 0.388 e. The minimum Gasteiger partial charge on any atom is -0.388 e. The first kappa shape index (κ1) is 16.0. The predicted molar refractivity (Wildman–Crippen MR) is 89.1 cm³/mol. The Labute approximate surface area is 134 Å². The van der Waals surface area contributed by atoms with Crippen molar-refractivity contribution in [1.29, 1.82) is 0 Å². The van der Waals surface area contributed by atoms with E-state index in [2.05, 4.69) is 36.9 Å². The molecule has 3 rings (SSSR count). The molecule has 122 valence electrons.